The number of nitrogens with one attached hydrogen (secondary N) is 2. The van der Waals surface area contributed by atoms with Crippen LogP contribution in [0.5, 0.6) is 5.75 Å². The molecular weight excluding hydrogens is 433 g/mol. The number of carbonyl (C=O) groups excluding carboxylic acids is 1. The van der Waals surface area contributed by atoms with Crippen molar-refractivity contribution in [1.82, 2.24) is 20.2 Å². The van der Waals surface area contributed by atoms with Gasteiger partial charge in [-0.25, -0.2) is 4.98 Å². The van der Waals surface area contributed by atoms with Crippen LogP contribution in [0.15, 0.2) is 48.8 Å². The number of hydrogen-bond donors (Lipinski definition) is 2. The average Bonchev–Trinajstić information content (AvgIpc) is 3.24. The highest BCUT2D eigenvalue weighted by Gasteiger charge is 2.31. The van der Waals surface area contributed by atoms with E-state index in [9.17, 15) is 18.0 Å². The molecule has 0 unspecified atom stereocenters. The summed E-state index contributed by atoms with van der Waals surface area (Å²) in [6.07, 6.45) is 2.72. The topological polar surface area (TPSA) is 70.2 Å². The fourth-order valence-electron chi connectivity index (χ4n) is 3.94. The Balaban J connectivity index is 1.15. The van der Waals surface area contributed by atoms with E-state index in [1.54, 1.807) is 18.5 Å². The highest BCUT2D eigenvalue weighted by Crippen LogP contribution is 2.28. The first-order chi connectivity index (χ1) is 15.9. The molecule has 33 heavy (non-hydrogen) atoms. The summed E-state index contributed by atoms with van der Waals surface area (Å²) in [5, 5.41) is 2.89. The van der Waals surface area contributed by atoms with Gasteiger partial charge in [0.25, 0.3) is 0 Å². The normalized spacial score (nSPS) is 14.5. The number of imidazole rings is 1. The van der Waals surface area contributed by atoms with Crippen LogP contribution in [0.25, 0.3) is 17.1 Å². The Bertz CT molecular complexity index is 1140. The molecule has 4 rings (SSSR count). The number of benzene rings is 2. The molecule has 0 saturated carbocycles. The third-order valence-electron chi connectivity index (χ3n) is 5.57. The SMILES string of the molecule is O=C(/C=C/c1ccc2nc[nH]c2c1)NCCCCN1CCc2cc(OC(F)(F)F)ccc2C1. The molecule has 0 bridgehead atoms. The van der Waals surface area contributed by atoms with Crippen molar-refractivity contribution in [1.29, 1.82) is 0 Å². The van der Waals surface area contributed by atoms with Gasteiger partial charge in [0.05, 0.1) is 17.4 Å². The molecule has 9 heteroatoms. The maximum atomic E-state index is 12.4. The zero-order valence-corrected chi connectivity index (χ0v) is 18.0. The van der Waals surface area contributed by atoms with Gasteiger partial charge in [0, 0.05) is 25.7 Å². The van der Waals surface area contributed by atoms with Gasteiger partial charge in [-0.15, -0.1) is 13.2 Å². The van der Waals surface area contributed by atoms with Crippen molar-refractivity contribution in [2.24, 2.45) is 0 Å². The van der Waals surface area contributed by atoms with Crippen LogP contribution in [0, 0.1) is 0 Å². The Labute approximate surface area is 189 Å². The number of unbranched alkanes of at least 4 members (excludes halogenated alkanes) is 1. The van der Waals surface area contributed by atoms with Gasteiger partial charge in [-0.05, 0) is 72.8 Å². The lowest BCUT2D eigenvalue weighted by Gasteiger charge is -2.29. The second kappa shape index (κ2) is 10.1. The molecule has 1 aliphatic heterocycles. The summed E-state index contributed by atoms with van der Waals surface area (Å²) in [6, 6.07) is 10.3. The van der Waals surface area contributed by atoms with Crippen LogP contribution in [0.3, 0.4) is 0 Å². The number of nitrogens with zero attached hydrogens (tertiary/aromatic N) is 2. The molecule has 3 aromatic rings. The molecule has 2 aromatic carbocycles. The van der Waals surface area contributed by atoms with Gasteiger partial charge in [0.15, 0.2) is 0 Å². The maximum absolute atomic E-state index is 12.4. The van der Waals surface area contributed by atoms with Crippen LogP contribution in [0.4, 0.5) is 13.2 Å². The van der Waals surface area contributed by atoms with Crippen molar-refractivity contribution in [3.8, 4) is 5.75 Å². The minimum absolute atomic E-state index is 0.136. The molecule has 1 aromatic heterocycles. The van der Waals surface area contributed by atoms with E-state index in [0.717, 1.165) is 53.7 Å². The molecular formula is C24H25F3N4O2. The van der Waals surface area contributed by atoms with Gasteiger partial charge < -0.3 is 15.0 Å². The van der Waals surface area contributed by atoms with Crippen molar-refractivity contribution in [2.45, 2.75) is 32.2 Å². The first kappa shape index (κ1) is 22.8. The van der Waals surface area contributed by atoms with Crippen molar-refractivity contribution in [3.63, 3.8) is 0 Å². The molecule has 2 heterocycles. The molecule has 6 nitrogen and oxygen atoms in total. The summed E-state index contributed by atoms with van der Waals surface area (Å²) in [4.78, 5) is 21.5. The van der Waals surface area contributed by atoms with Crippen LogP contribution < -0.4 is 10.1 Å². The molecule has 0 spiro atoms. The van der Waals surface area contributed by atoms with Gasteiger partial charge in [-0.2, -0.15) is 0 Å². The fourth-order valence-corrected chi connectivity index (χ4v) is 3.94. The summed E-state index contributed by atoms with van der Waals surface area (Å²) in [7, 11) is 0. The van der Waals surface area contributed by atoms with E-state index in [1.807, 2.05) is 18.2 Å². The van der Waals surface area contributed by atoms with Crippen molar-refractivity contribution in [2.75, 3.05) is 19.6 Å². The number of ether oxygens (including phenoxy) is 1. The number of fused-ring (bicyclic) bond motifs is 2. The number of aromatic nitrogens is 2. The summed E-state index contributed by atoms with van der Waals surface area (Å²) >= 11 is 0. The van der Waals surface area contributed by atoms with Gasteiger partial charge >= 0.3 is 6.36 Å². The summed E-state index contributed by atoms with van der Waals surface area (Å²) in [5.41, 5.74) is 4.66. The molecule has 2 N–H and O–H groups in total. The molecule has 1 amide bonds. The largest absolute Gasteiger partial charge is 0.573 e. The van der Waals surface area contributed by atoms with Gasteiger partial charge in [-0.3, -0.25) is 9.69 Å². The van der Waals surface area contributed by atoms with Crippen LogP contribution in [0.2, 0.25) is 0 Å². The fraction of sp³-hybridized carbons (Fsp3) is 0.333. The van der Waals surface area contributed by atoms with Crippen molar-refractivity contribution >= 4 is 23.0 Å². The molecule has 1 aliphatic rings. The lowest BCUT2D eigenvalue weighted by molar-refractivity contribution is -0.274. The van der Waals surface area contributed by atoms with Crippen LogP contribution >= 0.6 is 0 Å². The Morgan fingerprint density at radius 1 is 1.18 bits per heavy atom. The molecule has 0 saturated heterocycles. The van der Waals surface area contributed by atoms with E-state index in [2.05, 4.69) is 24.9 Å². The standard InChI is InChI=1S/C24H25F3N4O2/c25-24(26,27)33-20-6-5-19-15-31(12-9-18(19)14-20)11-2-1-10-28-23(32)8-4-17-3-7-21-22(13-17)30-16-29-21/h3-8,13-14,16H,1-2,9-12,15H2,(H,28,32)(H,29,30)/b8-4+. The van der Waals surface area contributed by atoms with Gasteiger partial charge in [0.2, 0.25) is 5.91 Å². The summed E-state index contributed by atoms with van der Waals surface area (Å²) in [5.74, 6) is -0.301. The Morgan fingerprint density at radius 3 is 2.91 bits per heavy atom. The molecule has 174 valence electrons. The number of hydrogen-bond acceptors (Lipinski definition) is 4. The van der Waals surface area contributed by atoms with E-state index >= 15 is 0 Å². The number of halogens is 3. The number of alkyl halides is 3. The van der Waals surface area contributed by atoms with Crippen LogP contribution in [-0.2, 0) is 17.8 Å². The monoisotopic (exact) mass is 458 g/mol. The van der Waals surface area contributed by atoms with Crippen molar-refractivity contribution in [3.05, 3.63) is 65.5 Å². The Hall–Kier alpha value is -3.33. The van der Waals surface area contributed by atoms with E-state index < -0.39 is 6.36 Å². The highest BCUT2D eigenvalue weighted by molar-refractivity contribution is 5.92. The second-order valence-electron chi connectivity index (χ2n) is 8.02. The first-order valence-corrected chi connectivity index (χ1v) is 10.8. The number of aromatic amines is 1. The number of amides is 1. The van der Waals surface area contributed by atoms with Gasteiger partial charge in [0.1, 0.15) is 5.75 Å². The van der Waals surface area contributed by atoms with E-state index in [1.165, 1.54) is 18.2 Å². The summed E-state index contributed by atoms with van der Waals surface area (Å²) in [6.45, 7) is 2.96. The third-order valence-corrected chi connectivity index (χ3v) is 5.57. The predicted octanol–water partition coefficient (Wildman–Crippen LogP) is 4.43. The first-order valence-electron chi connectivity index (χ1n) is 10.8. The minimum atomic E-state index is -4.67. The Kier molecular flexibility index (Phi) is 6.98. The molecule has 0 atom stereocenters. The number of carbonyl (C=O) groups is 1. The molecule has 0 aliphatic carbocycles. The molecule has 0 fully saturated rings. The van der Waals surface area contributed by atoms with Gasteiger partial charge in [-0.1, -0.05) is 12.1 Å². The highest BCUT2D eigenvalue weighted by atomic mass is 19.4. The zero-order valence-electron chi connectivity index (χ0n) is 18.0. The van der Waals surface area contributed by atoms with Crippen LogP contribution in [0.1, 0.15) is 29.5 Å². The minimum Gasteiger partial charge on any atom is -0.406 e. The smallest absolute Gasteiger partial charge is 0.406 e. The predicted molar refractivity (Wildman–Crippen MR) is 119 cm³/mol. The average molecular weight is 458 g/mol. The Morgan fingerprint density at radius 2 is 2.06 bits per heavy atom. The van der Waals surface area contributed by atoms with Crippen LogP contribution in [-0.4, -0.2) is 46.8 Å². The van der Waals surface area contributed by atoms with Crippen molar-refractivity contribution < 1.29 is 22.7 Å². The number of rotatable bonds is 8. The third kappa shape index (κ3) is 6.58. The van der Waals surface area contributed by atoms with E-state index in [4.69, 9.17) is 0 Å². The van der Waals surface area contributed by atoms with E-state index in [0.29, 0.717) is 19.5 Å². The quantitative estimate of drug-likeness (QED) is 0.387. The maximum Gasteiger partial charge on any atom is 0.573 e. The van der Waals surface area contributed by atoms with E-state index in [-0.39, 0.29) is 11.7 Å². The lowest BCUT2D eigenvalue weighted by atomic mass is 9.99. The molecule has 0 radical (unpaired) electrons. The number of H-pyrrole nitrogens is 1. The lowest BCUT2D eigenvalue weighted by Crippen LogP contribution is -2.32. The summed E-state index contributed by atoms with van der Waals surface area (Å²) < 4.78 is 41.2. The zero-order chi connectivity index (χ0) is 23.3. The second-order valence-corrected chi connectivity index (χ2v) is 8.02.